The summed E-state index contributed by atoms with van der Waals surface area (Å²) < 4.78 is 5.74. The Morgan fingerprint density at radius 1 is 1.18 bits per heavy atom. The first-order valence-corrected chi connectivity index (χ1v) is 8.69. The highest BCUT2D eigenvalue weighted by Gasteiger charge is 2.15. The Bertz CT molecular complexity index is 476. The van der Waals surface area contributed by atoms with Gasteiger partial charge in [-0.2, -0.15) is 0 Å². The van der Waals surface area contributed by atoms with Crippen LogP contribution in [0.3, 0.4) is 0 Å². The van der Waals surface area contributed by atoms with Gasteiger partial charge in [0.15, 0.2) is 5.78 Å². The highest BCUT2D eigenvalue weighted by atomic mass is 16.5. The smallest absolute Gasteiger partial charge is 0.167 e. The van der Waals surface area contributed by atoms with Crippen LogP contribution in [0.15, 0.2) is 18.2 Å². The fraction of sp³-hybridized carbons (Fsp3) is 0.632. The molecular weight excluding hydrogens is 274 g/mol. The molecule has 1 fully saturated rings. The zero-order valence-corrected chi connectivity index (χ0v) is 14.1. The minimum Gasteiger partial charge on any atom is -0.493 e. The maximum Gasteiger partial charge on any atom is 0.167 e. The average molecular weight is 303 g/mol. The molecule has 22 heavy (non-hydrogen) atoms. The number of benzene rings is 1. The number of carbonyl (C=O) groups is 1. The van der Waals surface area contributed by atoms with Crippen LogP contribution in [-0.2, 0) is 0 Å². The molecule has 0 spiro atoms. The van der Waals surface area contributed by atoms with E-state index in [9.17, 15) is 4.79 Å². The Kier molecular flexibility index (Phi) is 6.91. The molecule has 2 rings (SSSR count). The molecule has 0 saturated carbocycles. The monoisotopic (exact) mass is 303 g/mol. The molecule has 3 heteroatoms. The van der Waals surface area contributed by atoms with E-state index in [1.165, 1.54) is 25.7 Å². The summed E-state index contributed by atoms with van der Waals surface area (Å²) in [5.41, 5.74) is 1.87. The number of rotatable bonds is 7. The van der Waals surface area contributed by atoms with Gasteiger partial charge in [-0.3, -0.25) is 4.79 Å². The maximum atomic E-state index is 12.6. The van der Waals surface area contributed by atoms with Gasteiger partial charge in [-0.05, 0) is 51.4 Å². The highest BCUT2D eigenvalue weighted by Crippen LogP contribution is 2.22. The lowest BCUT2D eigenvalue weighted by molar-refractivity contribution is 0.0960. The Balaban J connectivity index is 1.96. The molecule has 1 aromatic carbocycles. The van der Waals surface area contributed by atoms with Crippen molar-refractivity contribution in [3.8, 4) is 5.75 Å². The molecule has 0 unspecified atom stereocenters. The van der Waals surface area contributed by atoms with Crippen molar-refractivity contribution in [2.75, 3.05) is 26.2 Å². The van der Waals surface area contributed by atoms with Crippen molar-refractivity contribution in [2.45, 2.75) is 52.4 Å². The van der Waals surface area contributed by atoms with Gasteiger partial charge in [0.1, 0.15) is 5.75 Å². The van der Waals surface area contributed by atoms with E-state index in [0.29, 0.717) is 13.0 Å². The van der Waals surface area contributed by atoms with Crippen LogP contribution in [-0.4, -0.2) is 36.9 Å². The summed E-state index contributed by atoms with van der Waals surface area (Å²) >= 11 is 0. The van der Waals surface area contributed by atoms with Crippen LogP contribution >= 0.6 is 0 Å². The third-order valence-corrected chi connectivity index (χ3v) is 4.25. The van der Waals surface area contributed by atoms with E-state index in [2.05, 4.69) is 11.8 Å². The van der Waals surface area contributed by atoms with Crippen LogP contribution in [0.1, 0.15) is 61.4 Å². The second kappa shape index (κ2) is 8.94. The summed E-state index contributed by atoms with van der Waals surface area (Å²) in [6, 6.07) is 5.91. The molecule has 1 aromatic rings. The van der Waals surface area contributed by atoms with E-state index in [0.717, 1.165) is 42.9 Å². The minimum absolute atomic E-state index is 0.207. The fourth-order valence-electron chi connectivity index (χ4n) is 2.95. The van der Waals surface area contributed by atoms with Gasteiger partial charge < -0.3 is 9.64 Å². The first kappa shape index (κ1) is 17.0. The third-order valence-electron chi connectivity index (χ3n) is 4.25. The molecule has 0 aliphatic carbocycles. The van der Waals surface area contributed by atoms with E-state index in [4.69, 9.17) is 4.74 Å². The molecule has 0 bridgehead atoms. The fourth-order valence-corrected chi connectivity index (χ4v) is 2.95. The van der Waals surface area contributed by atoms with Crippen molar-refractivity contribution in [3.05, 3.63) is 29.3 Å². The molecule has 122 valence electrons. The minimum atomic E-state index is 0.207. The Morgan fingerprint density at radius 3 is 2.59 bits per heavy atom. The van der Waals surface area contributed by atoms with Gasteiger partial charge in [0.25, 0.3) is 0 Å². The Labute approximate surface area is 134 Å². The molecule has 1 aliphatic heterocycles. The molecule has 0 N–H and O–H groups in total. The topological polar surface area (TPSA) is 29.5 Å². The van der Waals surface area contributed by atoms with E-state index < -0.39 is 0 Å². The van der Waals surface area contributed by atoms with Gasteiger partial charge in [-0.1, -0.05) is 31.4 Å². The number of ketones is 1. The molecular formula is C19H29NO2. The van der Waals surface area contributed by atoms with Crippen LogP contribution in [0.2, 0.25) is 0 Å². The standard InChI is InChI=1S/C19H29NO2/c1-3-14-22-19-9-8-16(2)15-17(19)18(21)10-13-20-11-6-4-5-7-12-20/h8-9,15H,3-7,10-14H2,1-2H3. The average Bonchev–Trinajstić information content (AvgIpc) is 2.80. The first-order valence-electron chi connectivity index (χ1n) is 8.69. The summed E-state index contributed by atoms with van der Waals surface area (Å²) in [5, 5.41) is 0. The lowest BCUT2D eigenvalue weighted by Gasteiger charge is -2.19. The molecule has 3 nitrogen and oxygen atoms in total. The number of carbonyl (C=O) groups excluding carboxylic acids is 1. The quantitative estimate of drug-likeness (QED) is 0.706. The summed E-state index contributed by atoms with van der Waals surface area (Å²) in [4.78, 5) is 15.0. The largest absolute Gasteiger partial charge is 0.493 e. The molecule has 0 atom stereocenters. The molecule has 0 amide bonds. The van der Waals surface area contributed by atoms with Gasteiger partial charge in [0.05, 0.1) is 12.2 Å². The van der Waals surface area contributed by atoms with E-state index in [1.807, 2.05) is 25.1 Å². The van der Waals surface area contributed by atoms with Gasteiger partial charge in [-0.15, -0.1) is 0 Å². The highest BCUT2D eigenvalue weighted by molar-refractivity contribution is 5.99. The molecule has 1 aliphatic rings. The lowest BCUT2D eigenvalue weighted by atomic mass is 10.0. The zero-order valence-electron chi connectivity index (χ0n) is 14.1. The molecule has 1 heterocycles. The van der Waals surface area contributed by atoms with Gasteiger partial charge >= 0.3 is 0 Å². The van der Waals surface area contributed by atoms with Crippen molar-refractivity contribution in [2.24, 2.45) is 0 Å². The van der Waals surface area contributed by atoms with Crippen LogP contribution in [0.5, 0.6) is 5.75 Å². The van der Waals surface area contributed by atoms with Crippen LogP contribution in [0.25, 0.3) is 0 Å². The predicted octanol–water partition coefficient (Wildman–Crippen LogP) is 4.23. The predicted molar refractivity (Wildman–Crippen MR) is 90.8 cm³/mol. The lowest BCUT2D eigenvalue weighted by Crippen LogP contribution is -2.27. The Hall–Kier alpha value is -1.35. The second-order valence-corrected chi connectivity index (χ2v) is 6.28. The van der Waals surface area contributed by atoms with Crippen molar-refractivity contribution in [1.82, 2.24) is 4.90 Å². The number of likely N-dealkylation sites (tertiary alicyclic amines) is 1. The summed E-state index contributed by atoms with van der Waals surface area (Å²) in [6.45, 7) is 7.92. The number of aryl methyl sites for hydroxylation is 1. The van der Waals surface area contributed by atoms with Crippen LogP contribution in [0.4, 0.5) is 0 Å². The van der Waals surface area contributed by atoms with Crippen LogP contribution < -0.4 is 4.74 Å². The van der Waals surface area contributed by atoms with Gasteiger partial charge in [-0.25, -0.2) is 0 Å². The number of hydrogen-bond acceptors (Lipinski definition) is 3. The number of hydrogen-bond donors (Lipinski definition) is 0. The van der Waals surface area contributed by atoms with E-state index in [-0.39, 0.29) is 5.78 Å². The maximum absolute atomic E-state index is 12.6. The summed E-state index contributed by atoms with van der Waals surface area (Å²) in [7, 11) is 0. The van der Waals surface area contributed by atoms with Gasteiger partial charge in [0, 0.05) is 13.0 Å². The van der Waals surface area contributed by atoms with Crippen molar-refractivity contribution < 1.29 is 9.53 Å². The SMILES string of the molecule is CCCOc1ccc(C)cc1C(=O)CCN1CCCCCC1. The normalized spacial score (nSPS) is 16.3. The first-order chi connectivity index (χ1) is 10.7. The van der Waals surface area contributed by atoms with Crippen molar-refractivity contribution in [3.63, 3.8) is 0 Å². The summed E-state index contributed by atoms with van der Waals surface area (Å²) in [6.07, 6.45) is 6.74. The number of Topliss-reactive ketones (excluding diaryl/α,β-unsaturated/α-hetero) is 1. The van der Waals surface area contributed by atoms with Gasteiger partial charge in [0.2, 0.25) is 0 Å². The van der Waals surface area contributed by atoms with Crippen molar-refractivity contribution in [1.29, 1.82) is 0 Å². The van der Waals surface area contributed by atoms with E-state index >= 15 is 0 Å². The number of ether oxygens (including phenoxy) is 1. The van der Waals surface area contributed by atoms with E-state index in [1.54, 1.807) is 0 Å². The summed E-state index contributed by atoms with van der Waals surface area (Å²) in [5.74, 6) is 0.951. The van der Waals surface area contributed by atoms with Crippen LogP contribution in [0, 0.1) is 6.92 Å². The van der Waals surface area contributed by atoms with Crippen molar-refractivity contribution >= 4 is 5.78 Å². The zero-order chi connectivity index (χ0) is 15.8. The number of nitrogens with zero attached hydrogens (tertiary/aromatic N) is 1. The molecule has 0 aromatic heterocycles. The molecule has 0 radical (unpaired) electrons. The third kappa shape index (κ3) is 5.13. The Morgan fingerprint density at radius 2 is 1.91 bits per heavy atom. The second-order valence-electron chi connectivity index (χ2n) is 6.28. The molecule has 1 saturated heterocycles.